The van der Waals surface area contributed by atoms with E-state index in [1.165, 1.54) is 0 Å². The van der Waals surface area contributed by atoms with Gasteiger partial charge in [-0.3, -0.25) is 0 Å². The van der Waals surface area contributed by atoms with E-state index in [1.54, 1.807) is 0 Å². The molecule has 41 heavy (non-hydrogen) atoms. The van der Waals surface area contributed by atoms with E-state index in [0.29, 0.717) is 36.4 Å². The molecule has 0 saturated heterocycles. The van der Waals surface area contributed by atoms with Crippen molar-refractivity contribution < 1.29 is 21.1 Å². The number of rotatable bonds is 6. The van der Waals surface area contributed by atoms with Crippen molar-refractivity contribution in [1.29, 1.82) is 10.8 Å². The van der Waals surface area contributed by atoms with Crippen LogP contribution in [-0.2, 0) is 21.1 Å². The number of amidine groups is 2. The van der Waals surface area contributed by atoms with Crippen LogP contribution in [0.2, 0.25) is 0 Å². The molecule has 0 aliphatic rings. The molecule has 0 radical (unpaired) electrons. The van der Waals surface area contributed by atoms with E-state index >= 15 is 0 Å². The van der Waals surface area contributed by atoms with Gasteiger partial charge in [-0.2, -0.15) is 0 Å². The third-order valence-corrected chi connectivity index (χ3v) is 5.20. The van der Waals surface area contributed by atoms with Gasteiger partial charge in [0.1, 0.15) is 0 Å². The van der Waals surface area contributed by atoms with E-state index < -0.39 is 0 Å². The number of nitrogens with zero attached hydrogens (tertiary/aromatic N) is 4. The Morgan fingerprint density at radius 2 is 0.829 bits per heavy atom. The average molecular weight is 726 g/mol. The first-order chi connectivity index (χ1) is 19.6. The Bertz CT molecular complexity index is 1270. The molecular weight excluding hydrogens is 691 g/mol. The largest absolute Gasteiger partial charge is 2.00 e. The zero-order valence-electron chi connectivity index (χ0n) is 23.1. The second-order valence-corrected chi connectivity index (χ2v) is 8.35. The first-order valence-corrected chi connectivity index (χ1v) is 13.1. The second kappa shape index (κ2) is 18.7. The molecule has 0 aromatic heterocycles. The summed E-state index contributed by atoms with van der Waals surface area (Å²) in [6.07, 6.45) is 1.22. The van der Waals surface area contributed by atoms with Gasteiger partial charge in [0.2, 0.25) is 0 Å². The minimum atomic E-state index is 0. The van der Waals surface area contributed by atoms with Crippen molar-refractivity contribution in [3.63, 3.8) is 0 Å². The normalized spacial score (nSPS) is 10.7. The molecule has 0 spiro atoms. The number of aliphatic imine (C=N–C) groups is 2. The molecule has 0 fully saturated rings. The molecular formula is C32H34N8Pt. The third kappa shape index (κ3) is 12.9. The fraction of sp³-hybridized carbons (Fsp3) is 0.125. The summed E-state index contributed by atoms with van der Waals surface area (Å²) in [4.78, 5) is 8.88. The SMILES string of the molecule is CCC(=N)NC(=Nc1ccccc1)[N-]c1ccccc1.CCC(=N)NC(=Nc1ccccc1)[N-]c1ccccc1.[Pt+2]. The van der Waals surface area contributed by atoms with Gasteiger partial charge in [0.25, 0.3) is 0 Å². The molecule has 4 aromatic carbocycles. The monoisotopic (exact) mass is 725 g/mol. The summed E-state index contributed by atoms with van der Waals surface area (Å²) in [6, 6.07) is 38.3. The van der Waals surface area contributed by atoms with Crippen molar-refractivity contribution >= 4 is 46.3 Å². The number of hydrogen-bond donors (Lipinski definition) is 4. The van der Waals surface area contributed by atoms with Crippen LogP contribution in [0.4, 0.5) is 22.7 Å². The van der Waals surface area contributed by atoms with Crippen molar-refractivity contribution in [2.45, 2.75) is 26.7 Å². The van der Waals surface area contributed by atoms with Crippen LogP contribution < -0.4 is 10.6 Å². The van der Waals surface area contributed by atoms with E-state index in [0.717, 1.165) is 22.7 Å². The zero-order chi connectivity index (χ0) is 28.4. The van der Waals surface area contributed by atoms with Crippen LogP contribution in [-0.4, -0.2) is 23.6 Å². The maximum atomic E-state index is 7.75. The topological polar surface area (TPSA) is 125 Å². The summed E-state index contributed by atoms with van der Waals surface area (Å²) >= 11 is 0. The Labute approximate surface area is 256 Å². The fourth-order valence-corrected chi connectivity index (χ4v) is 3.11. The van der Waals surface area contributed by atoms with Crippen molar-refractivity contribution in [2.24, 2.45) is 9.98 Å². The van der Waals surface area contributed by atoms with Gasteiger partial charge in [0.05, 0.1) is 0 Å². The van der Waals surface area contributed by atoms with Gasteiger partial charge in [-0.25, -0.2) is 0 Å². The van der Waals surface area contributed by atoms with Crippen molar-refractivity contribution in [3.05, 3.63) is 132 Å². The molecule has 0 amide bonds. The molecule has 4 rings (SSSR count). The van der Waals surface area contributed by atoms with Crippen molar-refractivity contribution in [2.75, 3.05) is 0 Å². The van der Waals surface area contributed by atoms with E-state index in [4.69, 9.17) is 10.8 Å². The second-order valence-electron chi connectivity index (χ2n) is 8.35. The third-order valence-electron chi connectivity index (χ3n) is 5.20. The molecule has 8 nitrogen and oxygen atoms in total. The fourth-order valence-electron chi connectivity index (χ4n) is 3.11. The molecule has 0 bridgehead atoms. The first-order valence-electron chi connectivity index (χ1n) is 13.1. The molecule has 0 atom stereocenters. The summed E-state index contributed by atoms with van der Waals surface area (Å²) in [6.45, 7) is 3.83. The Morgan fingerprint density at radius 1 is 0.537 bits per heavy atom. The van der Waals surface area contributed by atoms with Crippen LogP contribution in [0.3, 0.4) is 0 Å². The van der Waals surface area contributed by atoms with E-state index in [-0.39, 0.29) is 21.1 Å². The predicted octanol–water partition coefficient (Wildman–Crippen LogP) is 8.71. The van der Waals surface area contributed by atoms with Crippen LogP contribution in [0.25, 0.3) is 10.6 Å². The standard InChI is InChI=1S/2C16H17N4.Pt/c2*1-2-15(17)20-16(18-13-9-5-3-6-10-13)19-14-11-7-4-8-12-14;/h2*3-12H,2H2,1H3,(H2-,17,18,19,20);/q2*-1;+2. The Kier molecular flexibility index (Phi) is 14.9. The van der Waals surface area contributed by atoms with Gasteiger partial charge in [-0.05, 0) is 35.6 Å². The molecule has 0 aliphatic heterocycles. The molecule has 0 heterocycles. The summed E-state index contributed by atoms with van der Waals surface area (Å²) in [5.41, 5.74) is 3.22. The van der Waals surface area contributed by atoms with Gasteiger partial charge in [-0.15, -0.1) is 0 Å². The van der Waals surface area contributed by atoms with Crippen LogP contribution in [0, 0.1) is 10.8 Å². The molecule has 4 aromatic rings. The van der Waals surface area contributed by atoms with Crippen molar-refractivity contribution in [3.8, 4) is 0 Å². The number of guanidine groups is 2. The number of para-hydroxylation sites is 4. The van der Waals surface area contributed by atoms with Crippen LogP contribution >= 0.6 is 0 Å². The summed E-state index contributed by atoms with van der Waals surface area (Å²) in [7, 11) is 0. The molecule has 9 heteroatoms. The number of hydrogen-bond acceptors (Lipinski definition) is 4. The van der Waals surface area contributed by atoms with Crippen LogP contribution in [0.1, 0.15) is 26.7 Å². The predicted molar refractivity (Wildman–Crippen MR) is 168 cm³/mol. The zero-order valence-corrected chi connectivity index (χ0v) is 25.3. The number of nitrogens with one attached hydrogen (secondary N) is 4. The Hall–Kier alpha value is -4.55. The molecule has 0 aliphatic carbocycles. The quantitative estimate of drug-likeness (QED) is 0.117. The molecule has 0 saturated carbocycles. The summed E-state index contributed by atoms with van der Waals surface area (Å²) in [5, 5.41) is 30.2. The van der Waals surface area contributed by atoms with Gasteiger partial charge in [-0.1, -0.05) is 135 Å². The minimum absolute atomic E-state index is 0. The average Bonchev–Trinajstić information content (AvgIpc) is 2.99. The first kappa shape index (κ1) is 32.7. The minimum Gasteiger partial charge on any atom is -0.401 e. The summed E-state index contributed by atoms with van der Waals surface area (Å²) < 4.78 is 0. The molecule has 0 unspecified atom stereocenters. The van der Waals surface area contributed by atoms with E-state index in [9.17, 15) is 0 Å². The molecule has 4 N–H and O–H groups in total. The van der Waals surface area contributed by atoms with E-state index in [2.05, 4.69) is 31.3 Å². The van der Waals surface area contributed by atoms with Crippen molar-refractivity contribution in [1.82, 2.24) is 10.6 Å². The summed E-state index contributed by atoms with van der Waals surface area (Å²) in [5.74, 6) is 1.63. The van der Waals surface area contributed by atoms with E-state index in [1.807, 2.05) is 135 Å². The number of benzene rings is 4. The maximum Gasteiger partial charge on any atom is 2.00 e. The molecule has 212 valence electrons. The smallest absolute Gasteiger partial charge is 0.401 e. The van der Waals surface area contributed by atoms with Crippen LogP contribution in [0.15, 0.2) is 131 Å². The van der Waals surface area contributed by atoms with Gasteiger partial charge < -0.3 is 42.1 Å². The van der Waals surface area contributed by atoms with Gasteiger partial charge >= 0.3 is 21.1 Å². The van der Waals surface area contributed by atoms with Gasteiger partial charge in [0.15, 0.2) is 0 Å². The van der Waals surface area contributed by atoms with Crippen LogP contribution in [0.5, 0.6) is 0 Å². The maximum absolute atomic E-state index is 7.75. The Balaban J connectivity index is 0.000000280. The Morgan fingerprint density at radius 3 is 1.12 bits per heavy atom. The van der Waals surface area contributed by atoms with Gasteiger partial charge in [0, 0.05) is 23.6 Å².